The molecular formula is C13H13NOS. The molecule has 0 bridgehead atoms. The second-order valence-corrected chi connectivity index (χ2v) is 3.92. The maximum Gasteiger partial charge on any atom is 0.0991 e. The van der Waals surface area contributed by atoms with Crippen molar-refractivity contribution >= 4 is 22.5 Å². The molecule has 0 unspecified atom stereocenters. The van der Waals surface area contributed by atoms with E-state index < -0.39 is 0 Å². The van der Waals surface area contributed by atoms with Crippen molar-refractivity contribution in [1.82, 2.24) is 0 Å². The molecule has 2 nitrogen and oxygen atoms in total. The first kappa shape index (κ1) is 12.6. The lowest BCUT2D eigenvalue weighted by Gasteiger charge is -2.00. The number of nitrogens with zero attached hydrogens (tertiary/aromatic N) is 1. The normalized spacial score (nSPS) is 9.12. The second kappa shape index (κ2) is 6.16. The number of aliphatic hydroxyl groups is 1. The highest BCUT2D eigenvalue weighted by Crippen LogP contribution is 2.22. The molecule has 0 amide bonds. The highest BCUT2D eigenvalue weighted by Gasteiger charge is 1.96. The zero-order valence-corrected chi connectivity index (χ0v) is 10.1. The van der Waals surface area contributed by atoms with Crippen LogP contribution in [-0.2, 0) is 0 Å². The third kappa shape index (κ3) is 2.75. The van der Waals surface area contributed by atoms with Gasteiger partial charge < -0.3 is 5.11 Å². The van der Waals surface area contributed by atoms with E-state index in [1.54, 1.807) is 11.8 Å². The molecule has 0 saturated carbocycles. The number of aliphatic hydroxyl groups excluding tert-OH is 1. The molecule has 0 atom stereocenters. The van der Waals surface area contributed by atoms with Crippen molar-refractivity contribution in [2.24, 2.45) is 0 Å². The summed E-state index contributed by atoms with van der Waals surface area (Å²) >= 11 is 1.73. The van der Waals surface area contributed by atoms with Crippen LogP contribution in [0.3, 0.4) is 0 Å². The van der Waals surface area contributed by atoms with Gasteiger partial charge in [-0.05, 0) is 41.3 Å². The fourth-order valence-corrected chi connectivity index (χ4v) is 1.87. The van der Waals surface area contributed by atoms with Gasteiger partial charge in [0.1, 0.15) is 0 Å². The van der Waals surface area contributed by atoms with Crippen LogP contribution >= 0.6 is 11.8 Å². The molecule has 2 aromatic rings. The van der Waals surface area contributed by atoms with Crippen LogP contribution in [0, 0.1) is 11.3 Å². The fraction of sp³-hybridized carbons (Fsp3) is 0.154. The molecule has 0 aliphatic heterocycles. The van der Waals surface area contributed by atoms with E-state index in [9.17, 15) is 0 Å². The van der Waals surface area contributed by atoms with Gasteiger partial charge in [0.2, 0.25) is 0 Å². The number of hydrogen-bond donors (Lipinski definition) is 1. The summed E-state index contributed by atoms with van der Waals surface area (Å²) < 4.78 is 0. The summed E-state index contributed by atoms with van der Waals surface area (Å²) in [6.45, 7) is 0. The minimum absolute atomic E-state index is 0.717. The maximum atomic E-state index is 8.74. The molecule has 3 heteroatoms. The Labute approximate surface area is 99.5 Å². The van der Waals surface area contributed by atoms with Crippen molar-refractivity contribution in [3.05, 3.63) is 42.0 Å². The summed E-state index contributed by atoms with van der Waals surface area (Å²) in [5.74, 6) is 0. The number of rotatable bonds is 1. The molecule has 16 heavy (non-hydrogen) atoms. The van der Waals surface area contributed by atoms with Crippen LogP contribution in [0.5, 0.6) is 0 Å². The second-order valence-electron chi connectivity index (χ2n) is 3.04. The van der Waals surface area contributed by atoms with Gasteiger partial charge in [0, 0.05) is 12.0 Å². The summed E-state index contributed by atoms with van der Waals surface area (Å²) in [6.07, 6.45) is 2.06. The lowest BCUT2D eigenvalue weighted by Crippen LogP contribution is -1.77. The summed E-state index contributed by atoms with van der Waals surface area (Å²) in [5.41, 5.74) is 0.717. The van der Waals surface area contributed by atoms with E-state index in [0.29, 0.717) is 0 Å². The summed E-state index contributed by atoms with van der Waals surface area (Å²) in [5, 5.41) is 18.1. The zero-order valence-electron chi connectivity index (χ0n) is 9.27. The molecular weight excluding hydrogens is 218 g/mol. The molecule has 0 heterocycles. The minimum atomic E-state index is 0.717. The van der Waals surface area contributed by atoms with E-state index in [1.807, 2.05) is 18.2 Å². The Balaban J connectivity index is 0.000000606. The maximum absolute atomic E-state index is 8.74. The Morgan fingerprint density at radius 2 is 1.69 bits per heavy atom. The van der Waals surface area contributed by atoms with Crippen LogP contribution < -0.4 is 0 Å². The largest absolute Gasteiger partial charge is 0.400 e. The molecule has 0 radical (unpaired) electrons. The van der Waals surface area contributed by atoms with Gasteiger partial charge in [-0.15, -0.1) is 11.8 Å². The number of fused-ring (bicyclic) bond motifs is 1. The van der Waals surface area contributed by atoms with Crippen LogP contribution in [0.2, 0.25) is 0 Å². The minimum Gasteiger partial charge on any atom is -0.400 e. The van der Waals surface area contributed by atoms with E-state index in [0.717, 1.165) is 18.1 Å². The van der Waals surface area contributed by atoms with Crippen LogP contribution in [0.4, 0.5) is 0 Å². The van der Waals surface area contributed by atoms with Gasteiger partial charge in [0.25, 0.3) is 0 Å². The Hall–Kier alpha value is -1.50. The average molecular weight is 231 g/mol. The van der Waals surface area contributed by atoms with Gasteiger partial charge >= 0.3 is 0 Å². The smallest absolute Gasteiger partial charge is 0.0991 e. The first-order valence-corrected chi connectivity index (χ1v) is 5.98. The Kier molecular flexibility index (Phi) is 4.84. The highest BCUT2D eigenvalue weighted by atomic mass is 32.2. The third-order valence-electron chi connectivity index (χ3n) is 2.18. The average Bonchev–Trinajstić information content (AvgIpc) is 2.39. The first-order chi connectivity index (χ1) is 7.83. The molecule has 0 saturated heterocycles. The number of thioether (sulfide) groups is 1. The van der Waals surface area contributed by atoms with Gasteiger partial charge in [-0.2, -0.15) is 5.26 Å². The van der Waals surface area contributed by atoms with Crippen molar-refractivity contribution in [3.63, 3.8) is 0 Å². The predicted molar refractivity (Wildman–Crippen MR) is 68.6 cm³/mol. The van der Waals surface area contributed by atoms with E-state index in [2.05, 4.69) is 30.5 Å². The molecule has 0 fully saturated rings. The highest BCUT2D eigenvalue weighted by molar-refractivity contribution is 7.98. The molecule has 0 aliphatic rings. The number of nitriles is 1. The van der Waals surface area contributed by atoms with Crippen molar-refractivity contribution in [2.75, 3.05) is 13.4 Å². The topological polar surface area (TPSA) is 44.0 Å². The number of hydrogen-bond acceptors (Lipinski definition) is 3. The van der Waals surface area contributed by atoms with Crippen molar-refractivity contribution in [3.8, 4) is 6.07 Å². The summed E-state index contributed by atoms with van der Waals surface area (Å²) in [4.78, 5) is 1.25. The fourth-order valence-electron chi connectivity index (χ4n) is 1.42. The van der Waals surface area contributed by atoms with Gasteiger partial charge in [-0.1, -0.05) is 12.1 Å². The molecule has 0 aromatic heterocycles. The Morgan fingerprint density at radius 1 is 1.06 bits per heavy atom. The number of benzene rings is 2. The van der Waals surface area contributed by atoms with E-state index in [4.69, 9.17) is 10.4 Å². The monoisotopic (exact) mass is 231 g/mol. The van der Waals surface area contributed by atoms with Crippen LogP contribution in [0.25, 0.3) is 10.8 Å². The van der Waals surface area contributed by atoms with Crippen molar-refractivity contribution < 1.29 is 5.11 Å². The first-order valence-electron chi connectivity index (χ1n) is 4.76. The quantitative estimate of drug-likeness (QED) is 0.767. The van der Waals surface area contributed by atoms with E-state index in [1.165, 1.54) is 10.3 Å². The molecule has 82 valence electrons. The van der Waals surface area contributed by atoms with Crippen molar-refractivity contribution in [2.45, 2.75) is 4.90 Å². The zero-order chi connectivity index (χ0) is 12.0. The molecule has 2 rings (SSSR count). The van der Waals surface area contributed by atoms with Gasteiger partial charge in [0.05, 0.1) is 11.6 Å². The summed E-state index contributed by atoms with van der Waals surface area (Å²) in [6, 6.07) is 14.2. The molecule has 0 spiro atoms. The van der Waals surface area contributed by atoms with E-state index >= 15 is 0 Å². The lowest BCUT2D eigenvalue weighted by atomic mass is 10.1. The van der Waals surface area contributed by atoms with Crippen LogP contribution in [-0.4, -0.2) is 18.5 Å². The standard InChI is InChI=1S/C12H9NS.CH4O/c1-14-12-5-4-10-6-9(8-13)2-3-11(10)7-12;1-2/h2-7H,1H3;2H,1H3. The van der Waals surface area contributed by atoms with Gasteiger partial charge in [0.15, 0.2) is 0 Å². The van der Waals surface area contributed by atoms with Crippen molar-refractivity contribution in [1.29, 1.82) is 5.26 Å². The van der Waals surface area contributed by atoms with Gasteiger partial charge in [-0.25, -0.2) is 0 Å². The van der Waals surface area contributed by atoms with Gasteiger partial charge in [-0.3, -0.25) is 0 Å². The Morgan fingerprint density at radius 3 is 2.31 bits per heavy atom. The third-order valence-corrected chi connectivity index (χ3v) is 2.90. The summed E-state index contributed by atoms with van der Waals surface area (Å²) in [7, 11) is 1.00. The molecule has 1 N–H and O–H groups in total. The van der Waals surface area contributed by atoms with E-state index in [-0.39, 0.29) is 0 Å². The molecule has 2 aromatic carbocycles. The SMILES string of the molecule is CO.CSc1ccc2cc(C#N)ccc2c1. The lowest BCUT2D eigenvalue weighted by molar-refractivity contribution is 0.399. The van der Waals surface area contributed by atoms with Crippen LogP contribution in [0.1, 0.15) is 5.56 Å². The molecule has 0 aliphatic carbocycles. The predicted octanol–water partition coefficient (Wildman–Crippen LogP) is 3.04. The Bertz CT molecular complexity index is 517. The van der Waals surface area contributed by atoms with Crippen LogP contribution in [0.15, 0.2) is 41.3 Å².